The van der Waals surface area contributed by atoms with E-state index in [4.69, 9.17) is 4.74 Å². The molecular weight excluding hydrogens is 324 g/mol. The van der Waals surface area contributed by atoms with Crippen LogP contribution in [0.4, 0.5) is 10.5 Å². The molecule has 25 heavy (non-hydrogen) atoms. The van der Waals surface area contributed by atoms with Crippen molar-refractivity contribution in [2.24, 2.45) is 0 Å². The first-order chi connectivity index (χ1) is 11.6. The van der Waals surface area contributed by atoms with Crippen LogP contribution in [0, 0.1) is 11.8 Å². The minimum Gasteiger partial charge on any atom is -0.465 e. The molecule has 0 atom stereocenters. The van der Waals surface area contributed by atoms with Crippen molar-refractivity contribution >= 4 is 23.7 Å². The van der Waals surface area contributed by atoms with Gasteiger partial charge in [-0.3, -0.25) is 4.79 Å². The molecule has 0 spiro atoms. The van der Waals surface area contributed by atoms with Crippen molar-refractivity contribution in [2.45, 2.75) is 33.3 Å². The molecule has 0 bridgehead atoms. The number of carbonyl (C=O) groups excluding carboxylic acids is 3. The van der Waals surface area contributed by atoms with E-state index in [1.165, 1.54) is 20.1 Å². The van der Waals surface area contributed by atoms with Crippen LogP contribution in [-0.4, -0.2) is 37.2 Å². The van der Waals surface area contributed by atoms with Crippen LogP contribution in [0.3, 0.4) is 0 Å². The molecule has 7 heteroatoms. The molecule has 0 saturated heterocycles. The van der Waals surface area contributed by atoms with Crippen LogP contribution in [0.5, 0.6) is 0 Å². The molecule has 2 N–H and O–H groups in total. The smallest absolute Gasteiger partial charge is 0.408 e. The number of alkyl carbamates (subject to hydrolysis) is 1. The standard InChI is InChI=1S/C18H22N2O5/c1-12(21)20-15-11-14(16(22)24-5)9-8-13(15)7-6-10-19-17(23)25-18(2,3)4/h8-9,11H,10H2,1-5H3,(H,19,23)(H,20,21). The lowest BCUT2D eigenvalue weighted by Crippen LogP contribution is -2.32. The Labute approximate surface area is 147 Å². The molecule has 1 aromatic carbocycles. The SMILES string of the molecule is COC(=O)c1ccc(C#CCNC(=O)OC(C)(C)C)c(NC(C)=O)c1. The first kappa shape index (κ1) is 20.0. The van der Waals surface area contributed by atoms with E-state index in [2.05, 4.69) is 27.2 Å². The van der Waals surface area contributed by atoms with Crippen molar-refractivity contribution in [3.63, 3.8) is 0 Å². The number of nitrogens with one attached hydrogen (secondary N) is 2. The third kappa shape index (κ3) is 7.40. The summed E-state index contributed by atoms with van der Waals surface area (Å²) in [6, 6.07) is 4.62. The van der Waals surface area contributed by atoms with E-state index in [0.29, 0.717) is 16.8 Å². The van der Waals surface area contributed by atoms with E-state index >= 15 is 0 Å². The van der Waals surface area contributed by atoms with Crippen molar-refractivity contribution < 1.29 is 23.9 Å². The van der Waals surface area contributed by atoms with Gasteiger partial charge in [0, 0.05) is 12.5 Å². The Hall–Kier alpha value is -3.01. The molecule has 7 nitrogen and oxygen atoms in total. The summed E-state index contributed by atoms with van der Waals surface area (Å²) in [5.74, 6) is 4.79. The van der Waals surface area contributed by atoms with Crippen molar-refractivity contribution in [3.05, 3.63) is 29.3 Å². The lowest BCUT2D eigenvalue weighted by atomic mass is 10.1. The van der Waals surface area contributed by atoms with E-state index in [1.54, 1.807) is 32.9 Å². The Bertz CT molecular complexity index is 723. The number of methoxy groups -OCH3 is 1. The predicted octanol–water partition coefficient (Wildman–Crippen LogP) is 2.31. The zero-order valence-corrected chi connectivity index (χ0v) is 15.0. The fourth-order valence-electron chi connectivity index (χ4n) is 1.76. The Morgan fingerprint density at radius 3 is 2.44 bits per heavy atom. The number of carbonyl (C=O) groups is 3. The molecule has 1 aromatic rings. The molecular formula is C18H22N2O5. The van der Waals surface area contributed by atoms with Gasteiger partial charge in [-0.25, -0.2) is 9.59 Å². The highest BCUT2D eigenvalue weighted by Crippen LogP contribution is 2.18. The van der Waals surface area contributed by atoms with Crippen LogP contribution < -0.4 is 10.6 Å². The fourth-order valence-corrected chi connectivity index (χ4v) is 1.76. The fraction of sp³-hybridized carbons (Fsp3) is 0.389. The number of hydrogen-bond acceptors (Lipinski definition) is 5. The molecule has 1 rings (SSSR count). The summed E-state index contributed by atoms with van der Waals surface area (Å²) < 4.78 is 9.75. The summed E-state index contributed by atoms with van der Waals surface area (Å²) in [5, 5.41) is 5.12. The highest BCUT2D eigenvalue weighted by atomic mass is 16.6. The topological polar surface area (TPSA) is 93.7 Å². The molecule has 0 aliphatic carbocycles. The maximum Gasteiger partial charge on any atom is 0.408 e. The number of benzene rings is 1. The molecule has 0 aliphatic rings. The molecule has 0 aromatic heterocycles. The van der Waals surface area contributed by atoms with Crippen LogP contribution in [0.15, 0.2) is 18.2 Å². The van der Waals surface area contributed by atoms with Crippen LogP contribution in [-0.2, 0) is 14.3 Å². The average Bonchev–Trinajstić information content (AvgIpc) is 2.49. The normalized spacial score (nSPS) is 10.1. The van der Waals surface area contributed by atoms with E-state index in [9.17, 15) is 14.4 Å². The van der Waals surface area contributed by atoms with Gasteiger partial charge in [0.15, 0.2) is 0 Å². The lowest BCUT2D eigenvalue weighted by molar-refractivity contribution is -0.114. The summed E-state index contributed by atoms with van der Waals surface area (Å²) in [6.07, 6.45) is -0.565. The maximum atomic E-state index is 11.6. The van der Waals surface area contributed by atoms with Crippen LogP contribution in [0.25, 0.3) is 0 Å². The lowest BCUT2D eigenvalue weighted by Gasteiger charge is -2.19. The molecule has 0 aliphatic heterocycles. The Morgan fingerprint density at radius 2 is 1.88 bits per heavy atom. The molecule has 0 saturated carbocycles. The van der Waals surface area contributed by atoms with Gasteiger partial charge in [-0.05, 0) is 39.0 Å². The van der Waals surface area contributed by atoms with Gasteiger partial charge in [-0.15, -0.1) is 0 Å². The number of esters is 1. The monoisotopic (exact) mass is 346 g/mol. The van der Waals surface area contributed by atoms with E-state index < -0.39 is 17.7 Å². The molecule has 0 heterocycles. The zero-order valence-electron chi connectivity index (χ0n) is 15.0. The van der Waals surface area contributed by atoms with E-state index in [0.717, 1.165) is 0 Å². The third-order valence-corrected chi connectivity index (χ3v) is 2.69. The number of hydrogen-bond donors (Lipinski definition) is 2. The summed E-state index contributed by atoms with van der Waals surface area (Å²) in [6.45, 7) is 6.72. The van der Waals surface area contributed by atoms with Gasteiger partial charge in [0.2, 0.25) is 5.91 Å². The van der Waals surface area contributed by atoms with Gasteiger partial charge in [0.1, 0.15) is 5.60 Å². The maximum absolute atomic E-state index is 11.6. The van der Waals surface area contributed by atoms with Crippen molar-refractivity contribution in [3.8, 4) is 11.8 Å². The number of rotatable bonds is 3. The molecule has 2 amide bonds. The third-order valence-electron chi connectivity index (χ3n) is 2.69. The minimum atomic E-state index is -0.584. The van der Waals surface area contributed by atoms with Crippen LogP contribution >= 0.6 is 0 Å². The molecule has 0 unspecified atom stereocenters. The largest absolute Gasteiger partial charge is 0.465 e. The first-order valence-corrected chi connectivity index (χ1v) is 7.58. The minimum absolute atomic E-state index is 0.0766. The highest BCUT2D eigenvalue weighted by Gasteiger charge is 2.15. The van der Waals surface area contributed by atoms with Gasteiger partial charge in [-0.1, -0.05) is 11.8 Å². The summed E-state index contributed by atoms with van der Waals surface area (Å²) in [7, 11) is 1.27. The second kappa shape index (κ2) is 8.73. The van der Waals surface area contributed by atoms with Gasteiger partial charge in [-0.2, -0.15) is 0 Å². The summed E-state index contributed by atoms with van der Waals surface area (Å²) in [5.41, 5.74) is 0.609. The summed E-state index contributed by atoms with van der Waals surface area (Å²) in [4.78, 5) is 34.4. The predicted molar refractivity (Wildman–Crippen MR) is 93.2 cm³/mol. The average molecular weight is 346 g/mol. The highest BCUT2D eigenvalue weighted by molar-refractivity contribution is 5.95. The molecule has 0 radical (unpaired) electrons. The number of anilines is 1. The molecule has 0 fully saturated rings. The van der Waals surface area contributed by atoms with Gasteiger partial charge in [0.25, 0.3) is 0 Å². The second-order valence-corrected chi connectivity index (χ2v) is 6.09. The van der Waals surface area contributed by atoms with Crippen molar-refractivity contribution in [1.82, 2.24) is 5.32 Å². The van der Waals surface area contributed by atoms with Crippen molar-refractivity contribution in [1.29, 1.82) is 0 Å². The Kier molecular flexibility index (Phi) is 7.00. The Morgan fingerprint density at radius 1 is 1.20 bits per heavy atom. The van der Waals surface area contributed by atoms with Crippen LogP contribution in [0.2, 0.25) is 0 Å². The zero-order chi connectivity index (χ0) is 19.0. The van der Waals surface area contributed by atoms with Gasteiger partial charge in [0.05, 0.1) is 24.9 Å². The van der Waals surface area contributed by atoms with Crippen molar-refractivity contribution in [2.75, 3.05) is 19.0 Å². The quantitative estimate of drug-likeness (QED) is 0.647. The second-order valence-electron chi connectivity index (χ2n) is 6.09. The Balaban J connectivity index is 2.86. The first-order valence-electron chi connectivity index (χ1n) is 7.58. The van der Waals surface area contributed by atoms with E-state index in [-0.39, 0.29) is 12.5 Å². The summed E-state index contributed by atoms with van der Waals surface area (Å²) >= 11 is 0. The van der Waals surface area contributed by atoms with Crippen LogP contribution in [0.1, 0.15) is 43.6 Å². The van der Waals surface area contributed by atoms with Gasteiger partial charge >= 0.3 is 12.1 Å². The van der Waals surface area contributed by atoms with E-state index in [1.807, 2.05) is 0 Å². The van der Waals surface area contributed by atoms with Gasteiger partial charge < -0.3 is 20.1 Å². The number of amides is 2. The number of ether oxygens (including phenoxy) is 2. The molecule has 134 valence electrons.